The minimum atomic E-state index is -0.688. The van der Waals surface area contributed by atoms with Crippen LogP contribution in [0.1, 0.15) is 25.3 Å². The molecule has 1 amide bonds. The lowest BCUT2D eigenvalue weighted by atomic mass is 9.97. The zero-order chi connectivity index (χ0) is 31.8. The van der Waals surface area contributed by atoms with Crippen molar-refractivity contribution in [1.29, 1.82) is 0 Å². The van der Waals surface area contributed by atoms with E-state index < -0.39 is 12.5 Å². The number of rotatable bonds is 9. The predicted octanol–water partition coefficient (Wildman–Crippen LogP) is 5.10. The van der Waals surface area contributed by atoms with Gasteiger partial charge in [-0.05, 0) is 49.1 Å². The van der Waals surface area contributed by atoms with Crippen molar-refractivity contribution in [2.24, 2.45) is 0 Å². The van der Waals surface area contributed by atoms with Crippen molar-refractivity contribution in [3.05, 3.63) is 66.1 Å². The molecule has 0 unspecified atom stereocenters. The Balaban J connectivity index is 1.20. The Morgan fingerprint density at radius 3 is 2.70 bits per heavy atom. The molecule has 3 aliphatic rings. The first kappa shape index (κ1) is 30.4. The highest BCUT2D eigenvalue weighted by Gasteiger charge is 2.48. The Morgan fingerprint density at radius 1 is 1.15 bits per heavy atom. The quantitative estimate of drug-likeness (QED) is 0.187. The minimum absolute atomic E-state index is 0.0783. The zero-order valence-electron chi connectivity index (χ0n) is 26.2. The van der Waals surface area contributed by atoms with Gasteiger partial charge in [0.15, 0.2) is 5.82 Å². The number of carbonyl (C=O) groups excluding carboxylic acids is 1. The first-order valence-electron chi connectivity index (χ1n) is 16.0. The van der Waals surface area contributed by atoms with Crippen LogP contribution in [0.3, 0.4) is 0 Å². The van der Waals surface area contributed by atoms with Gasteiger partial charge in [0, 0.05) is 62.6 Å². The first-order chi connectivity index (χ1) is 22.3. The lowest BCUT2D eigenvalue weighted by molar-refractivity contribution is -0.126. The summed E-state index contributed by atoms with van der Waals surface area (Å²) in [6, 6.07) is 11.9. The number of nitrogens with zero attached hydrogens (tertiary/aromatic N) is 6. The molecule has 11 heteroatoms. The Kier molecular flexibility index (Phi) is 8.29. The number of aromatic nitrogens is 3. The summed E-state index contributed by atoms with van der Waals surface area (Å²) in [6.45, 7) is 8.26. The van der Waals surface area contributed by atoms with E-state index in [-0.39, 0.29) is 28.7 Å². The van der Waals surface area contributed by atoms with Crippen molar-refractivity contribution in [2.75, 3.05) is 64.1 Å². The molecule has 0 N–H and O–H groups in total. The van der Waals surface area contributed by atoms with Crippen LogP contribution < -0.4 is 9.64 Å². The number of allylic oxidation sites excluding steroid dienone is 1. The fourth-order valence-corrected chi connectivity index (χ4v) is 7.12. The molecule has 3 fully saturated rings. The van der Waals surface area contributed by atoms with Crippen LogP contribution in [0.15, 0.2) is 54.7 Å². The molecule has 0 radical (unpaired) electrons. The molecule has 2 aromatic carbocycles. The number of anilines is 1. The fraction of sp³-hybridized carbons (Fsp3) is 0.429. The molecular weight excluding hydrogens is 590 g/mol. The number of amides is 1. The Hall–Kier alpha value is -4.22. The minimum Gasteiger partial charge on any atom is -0.463 e. The number of carbonyl (C=O) groups is 1. The Bertz CT molecular complexity index is 1810. The topological polar surface area (TPSA) is 83.9 Å². The smallest absolute Gasteiger partial charge is 0.319 e. The summed E-state index contributed by atoms with van der Waals surface area (Å²) in [5.41, 5.74) is 2.17. The van der Waals surface area contributed by atoms with Crippen LogP contribution in [0, 0.1) is 12.7 Å². The summed E-state index contributed by atoms with van der Waals surface area (Å²) < 4.78 is 41.1. The van der Waals surface area contributed by atoms with Crippen molar-refractivity contribution in [2.45, 2.75) is 38.3 Å². The maximum atomic E-state index is 16.6. The normalized spacial score (nSPS) is 21.7. The molecule has 3 aliphatic heterocycles. The number of ether oxygens (including phenoxy) is 2. The molecule has 46 heavy (non-hydrogen) atoms. The molecule has 5 heterocycles. The molecule has 0 spiro atoms. The van der Waals surface area contributed by atoms with E-state index in [4.69, 9.17) is 14.5 Å². The van der Waals surface area contributed by atoms with E-state index in [2.05, 4.69) is 21.8 Å². The van der Waals surface area contributed by atoms with E-state index in [0.717, 1.165) is 48.9 Å². The van der Waals surface area contributed by atoms with Crippen LogP contribution in [0.5, 0.6) is 6.01 Å². The highest BCUT2D eigenvalue weighted by atomic mass is 19.1. The number of fused-ring (bicyclic) bond motifs is 4. The Morgan fingerprint density at radius 2 is 1.96 bits per heavy atom. The second-order valence-corrected chi connectivity index (χ2v) is 12.6. The fourth-order valence-electron chi connectivity index (χ4n) is 7.12. The van der Waals surface area contributed by atoms with Crippen molar-refractivity contribution in [3.8, 4) is 17.3 Å². The second kappa shape index (κ2) is 12.5. The number of benzene rings is 2. The lowest BCUT2D eigenvalue weighted by Crippen LogP contribution is -2.48. The highest BCUT2D eigenvalue weighted by Crippen LogP contribution is 2.38. The Labute approximate surface area is 266 Å². The number of piperazine rings is 1. The van der Waals surface area contributed by atoms with E-state index in [1.807, 2.05) is 48.2 Å². The van der Waals surface area contributed by atoms with Gasteiger partial charge in [0.2, 0.25) is 5.91 Å². The van der Waals surface area contributed by atoms with E-state index in [0.29, 0.717) is 55.7 Å². The van der Waals surface area contributed by atoms with Gasteiger partial charge in [0.25, 0.3) is 0 Å². The van der Waals surface area contributed by atoms with Crippen molar-refractivity contribution >= 4 is 33.4 Å². The molecular formula is C35H38F2N6O3. The summed E-state index contributed by atoms with van der Waals surface area (Å²) in [4.78, 5) is 32.6. The summed E-state index contributed by atoms with van der Waals surface area (Å²) in [5.74, 6) is -0.254. The molecule has 0 saturated carbocycles. The maximum Gasteiger partial charge on any atom is 0.319 e. The molecule has 2 atom stereocenters. The van der Waals surface area contributed by atoms with Gasteiger partial charge in [-0.15, -0.1) is 0 Å². The molecule has 0 aliphatic carbocycles. The number of alkyl halides is 1. The summed E-state index contributed by atoms with van der Waals surface area (Å²) in [7, 11) is 0. The van der Waals surface area contributed by atoms with Crippen LogP contribution in [0.4, 0.5) is 14.6 Å². The number of morpholine rings is 1. The largest absolute Gasteiger partial charge is 0.463 e. The second-order valence-electron chi connectivity index (χ2n) is 12.6. The van der Waals surface area contributed by atoms with Gasteiger partial charge in [-0.1, -0.05) is 36.4 Å². The monoisotopic (exact) mass is 628 g/mol. The molecule has 240 valence electrons. The van der Waals surface area contributed by atoms with Crippen LogP contribution in [-0.4, -0.2) is 101 Å². The summed E-state index contributed by atoms with van der Waals surface area (Å²) in [5, 5.41) is 2.43. The molecule has 4 aromatic rings. The van der Waals surface area contributed by atoms with Gasteiger partial charge in [-0.3, -0.25) is 14.7 Å². The number of pyridine rings is 1. The molecule has 2 bridgehead atoms. The van der Waals surface area contributed by atoms with Crippen LogP contribution >= 0.6 is 0 Å². The third-order valence-electron chi connectivity index (χ3n) is 9.54. The predicted molar refractivity (Wildman–Crippen MR) is 173 cm³/mol. The van der Waals surface area contributed by atoms with E-state index in [9.17, 15) is 9.18 Å². The van der Waals surface area contributed by atoms with Crippen molar-refractivity contribution < 1.29 is 23.0 Å². The van der Waals surface area contributed by atoms with Crippen molar-refractivity contribution in [1.82, 2.24) is 24.8 Å². The van der Waals surface area contributed by atoms with Gasteiger partial charge in [0.1, 0.15) is 23.7 Å². The van der Waals surface area contributed by atoms with Gasteiger partial charge in [-0.2, -0.15) is 9.97 Å². The number of aryl methyl sites for hydroxylation is 1. The number of hydrogen-bond acceptors (Lipinski definition) is 8. The zero-order valence-corrected chi connectivity index (χ0v) is 26.2. The molecule has 2 aromatic heterocycles. The summed E-state index contributed by atoms with van der Waals surface area (Å²) >= 11 is 0. The van der Waals surface area contributed by atoms with Crippen LogP contribution in [-0.2, 0) is 9.53 Å². The van der Waals surface area contributed by atoms with E-state index in [1.54, 1.807) is 11.1 Å². The standard InChI is InChI=1S/C35H38F2N6O3/c1-23-7-3-8-24-9-4-10-26(29(23)24)31-30(37)32-27(20-38-31)33(42-16-14-41(15-17-42)28(44)11-5-12-36)40-34(39-32)45-18-6-13-43-21-25-19-35(43,2)22-46-25/h3-5,7-11,20,25H,6,12-19,21-22H2,1-2H3/b11-5+/t25-,35-/m0/s1. The number of hydrogen-bond donors (Lipinski definition) is 0. The van der Waals surface area contributed by atoms with Gasteiger partial charge in [0.05, 0.1) is 24.7 Å². The number of likely N-dealkylation sites (tertiary alicyclic amines) is 1. The third-order valence-corrected chi connectivity index (χ3v) is 9.54. The average molecular weight is 629 g/mol. The third kappa shape index (κ3) is 5.66. The van der Waals surface area contributed by atoms with Crippen LogP contribution in [0.2, 0.25) is 0 Å². The maximum absolute atomic E-state index is 16.6. The van der Waals surface area contributed by atoms with Crippen LogP contribution in [0.25, 0.3) is 32.9 Å². The average Bonchev–Trinajstić information content (AvgIpc) is 3.61. The molecule has 3 saturated heterocycles. The summed E-state index contributed by atoms with van der Waals surface area (Å²) in [6.07, 6.45) is 6.24. The van der Waals surface area contributed by atoms with E-state index in [1.165, 1.54) is 12.2 Å². The van der Waals surface area contributed by atoms with Crippen molar-refractivity contribution in [3.63, 3.8) is 0 Å². The highest BCUT2D eigenvalue weighted by molar-refractivity contribution is 6.00. The van der Waals surface area contributed by atoms with Gasteiger partial charge in [-0.25, -0.2) is 8.78 Å². The van der Waals surface area contributed by atoms with Gasteiger partial charge < -0.3 is 19.3 Å². The van der Waals surface area contributed by atoms with E-state index >= 15 is 4.39 Å². The molecule has 9 nitrogen and oxygen atoms in total. The lowest BCUT2D eigenvalue weighted by Gasteiger charge is -2.35. The first-order valence-corrected chi connectivity index (χ1v) is 16.0. The molecule has 7 rings (SSSR count). The number of halogens is 2. The van der Waals surface area contributed by atoms with Gasteiger partial charge >= 0.3 is 6.01 Å². The SMILES string of the molecule is Cc1cccc2cccc(-c3ncc4c(N5CCN(C(=O)/C=C/CF)CC5)nc(OCCCN5C[C@@H]6C[C@@]5(C)CO6)nc4c3F)c12.